The highest BCUT2D eigenvalue weighted by Crippen LogP contribution is 2.12. The molecule has 0 aliphatic rings. The molecule has 0 N–H and O–H groups in total. The summed E-state index contributed by atoms with van der Waals surface area (Å²) < 4.78 is 0. The number of aryl methyl sites for hydroxylation is 1. The molecule has 17 heavy (non-hydrogen) atoms. The monoisotopic (exact) mass is 251 g/mol. The van der Waals surface area contributed by atoms with Crippen LogP contribution in [0.3, 0.4) is 0 Å². The Hall–Kier alpha value is -1.29. The number of nitrogens with zero attached hydrogens (tertiary/aromatic N) is 1. The van der Waals surface area contributed by atoms with E-state index in [1.165, 1.54) is 11.8 Å². The van der Waals surface area contributed by atoms with E-state index in [0.29, 0.717) is 6.42 Å². The molecule has 0 heterocycles. The van der Waals surface area contributed by atoms with E-state index in [1.54, 1.807) is 7.05 Å². The Morgan fingerprint density at radius 2 is 2.06 bits per heavy atom. The summed E-state index contributed by atoms with van der Waals surface area (Å²) in [7, 11) is 1.62. The zero-order chi connectivity index (χ0) is 13.0. The van der Waals surface area contributed by atoms with Gasteiger partial charge < -0.3 is 4.90 Å². The predicted octanol–water partition coefficient (Wildman–Crippen LogP) is 1.84. The molecule has 1 aromatic carbocycles. The lowest BCUT2D eigenvalue weighted by Crippen LogP contribution is -2.41. The molecule has 0 bridgehead atoms. The number of benzene rings is 1. The van der Waals surface area contributed by atoms with Crippen molar-refractivity contribution in [1.82, 2.24) is 4.90 Å². The molecule has 0 aliphatic heterocycles. The van der Waals surface area contributed by atoms with E-state index in [2.05, 4.69) is 12.6 Å². The summed E-state index contributed by atoms with van der Waals surface area (Å²) >= 11 is 3.85. The molecule has 0 fully saturated rings. The SMILES string of the molecule is CC(=O)N(C)[C@@H](Cc1cccc(C)c1)C(=O)S. The van der Waals surface area contributed by atoms with Crippen LogP contribution in [0.15, 0.2) is 24.3 Å². The molecule has 0 radical (unpaired) electrons. The van der Waals surface area contributed by atoms with Crippen LogP contribution in [-0.2, 0) is 16.0 Å². The van der Waals surface area contributed by atoms with E-state index < -0.39 is 6.04 Å². The third kappa shape index (κ3) is 3.89. The first-order valence-corrected chi connectivity index (χ1v) is 5.88. The standard InChI is InChI=1S/C13H17NO2S/c1-9-5-4-6-11(7-9)8-12(13(16)17)14(3)10(2)15/h4-7,12H,8H2,1-3H3,(H,16,17)/t12-/m0/s1. The molecule has 1 aromatic rings. The summed E-state index contributed by atoms with van der Waals surface area (Å²) in [5, 5.41) is -0.288. The van der Waals surface area contributed by atoms with Crippen LogP contribution in [0, 0.1) is 6.92 Å². The second kappa shape index (κ2) is 5.87. The molecular weight excluding hydrogens is 234 g/mol. The van der Waals surface area contributed by atoms with E-state index in [9.17, 15) is 9.59 Å². The van der Waals surface area contributed by atoms with Gasteiger partial charge in [-0.15, -0.1) is 12.6 Å². The van der Waals surface area contributed by atoms with Crippen molar-refractivity contribution in [1.29, 1.82) is 0 Å². The Morgan fingerprint density at radius 3 is 2.53 bits per heavy atom. The maximum absolute atomic E-state index is 11.4. The number of likely N-dealkylation sites (N-methyl/N-ethyl adjacent to an activating group) is 1. The largest absolute Gasteiger partial charge is 0.335 e. The topological polar surface area (TPSA) is 37.4 Å². The summed E-state index contributed by atoms with van der Waals surface area (Å²) in [5.41, 5.74) is 2.17. The summed E-state index contributed by atoms with van der Waals surface area (Å²) in [6.45, 7) is 3.44. The van der Waals surface area contributed by atoms with Crippen molar-refractivity contribution in [2.75, 3.05) is 7.05 Å². The summed E-state index contributed by atoms with van der Waals surface area (Å²) in [4.78, 5) is 24.2. The average molecular weight is 251 g/mol. The number of hydrogen-bond acceptors (Lipinski definition) is 2. The van der Waals surface area contributed by atoms with Crippen LogP contribution in [0.5, 0.6) is 0 Å². The summed E-state index contributed by atoms with van der Waals surface area (Å²) in [6, 6.07) is 7.40. The van der Waals surface area contributed by atoms with Gasteiger partial charge >= 0.3 is 0 Å². The van der Waals surface area contributed by atoms with E-state index in [1.807, 2.05) is 31.2 Å². The number of carbonyl (C=O) groups is 2. The van der Waals surface area contributed by atoms with Crippen LogP contribution in [0.2, 0.25) is 0 Å². The fraction of sp³-hybridized carbons (Fsp3) is 0.385. The molecule has 1 rings (SSSR count). The van der Waals surface area contributed by atoms with Crippen LogP contribution in [-0.4, -0.2) is 29.0 Å². The molecule has 1 amide bonds. The number of thiol groups is 1. The lowest BCUT2D eigenvalue weighted by Gasteiger charge is -2.24. The van der Waals surface area contributed by atoms with E-state index in [0.717, 1.165) is 11.1 Å². The van der Waals surface area contributed by atoms with Gasteiger partial charge in [-0.05, 0) is 12.5 Å². The average Bonchev–Trinajstić information content (AvgIpc) is 2.24. The lowest BCUT2D eigenvalue weighted by atomic mass is 10.0. The van der Waals surface area contributed by atoms with Gasteiger partial charge in [0.25, 0.3) is 0 Å². The zero-order valence-electron chi connectivity index (χ0n) is 10.3. The van der Waals surface area contributed by atoms with Crippen molar-refractivity contribution in [2.24, 2.45) is 0 Å². The first-order chi connectivity index (χ1) is 7.91. The Balaban J connectivity index is 2.88. The first-order valence-electron chi connectivity index (χ1n) is 5.43. The number of rotatable bonds is 4. The smallest absolute Gasteiger partial charge is 0.219 e. The van der Waals surface area contributed by atoms with Gasteiger partial charge in [-0.25, -0.2) is 0 Å². The van der Waals surface area contributed by atoms with E-state index >= 15 is 0 Å². The van der Waals surface area contributed by atoms with Gasteiger partial charge in [-0.3, -0.25) is 9.59 Å². The predicted molar refractivity (Wildman–Crippen MR) is 71.1 cm³/mol. The number of carbonyl (C=O) groups excluding carboxylic acids is 2. The molecule has 0 unspecified atom stereocenters. The molecular formula is C13H17NO2S. The zero-order valence-corrected chi connectivity index (χ0v) is 11.2. The fourth-order valence-electron chi connectivity index (χ4n) is 1.67. The first kappa shape index (κ1) is 13.8. The van der Waals surface area contributed by atoms with Gasteiger partial charge in [0.1, 0.15) is 6.04 Å². The minimum atomic E-state index is -0.502. The molecule has 1 atom stereocenters. The molecule has 3 nitrogen and oxygen atoms in total. The van der Waals surface area contributed by atoms with Gasteiger partial charge in [0.05, 0.1) is 0 Å². The van der Waals surface area contributed by atoms with Crippen molar-refractivity contribution < 1.29 is 9.59 Å². The van der Waals surface area contributed by atoms with Crippen LogP contribution in [0.4, 0.5) is 0 Å². The van der Waals surface area contributed by atoms with Crippen molar-refractivity contribution in [3.63, 3.8) is 0 Å². The molecule has 92 valence electrons. The molecule has 0 saturated heterocycles. The molecule has 0 aliphatic carbocycles. The Kier molecular flexibility index (Phi) is 4.75. The van der Waals surface area contributed by atoms with Gasteiger partial charge in [0, 0.05) is 20.4 Å². The van der Waals surface area contributed by atoms with Gasteiger partial charge in [0.15, 0.2) is 0 Å². The highest BCUT2D eigenvalue weighted by Gasteiger charge is 2.22. The highest BCUT2D eigenvalue weighted by atomic mass is 32.1. The third-order valence-corrected chi connectivity index (χ3v) is 3.06. The number of hydrogen-bond donors (Lipinski definition) is 1. The molecule has 0 saturated carbocycles. The third-order valence-electron chi connectivity index (χ3n) is 2.76. The number of amides is 1. The van der Waals surface area contributed by atoms with Crippen LogP contribution >= 0.6 is 12.6 Å². The quantitative estimate of drug-likeness (QED) is 0.829. The Labute approximate surface area is 107 Å². The second-order valence-corrected chi connectivity index (χ2v) is 4.62. The van der Waals surface area contributed by atoms with Crippen LogP contribution in [0.1, 0.15) is 18.1 Å². The Morgan fingerprint density at radius 1 is 1.41 bits per heavy atom. The van der Waals surface area contributed by atoms with Gasteiger partial charge in [-0.2, -0.15) is 0 Å². The second-order valence-electron chi connectivity index (χ2n) is 4.18. The Bertz CT molecular complexity index is 431. The van der Waals surface area contributed by atoms with Gasteiger partial charge in [0.2, 0.25) is 11.0 Å². The minimum Gasteiger partial charge on any atom is -0.335 e. The van der Waals surface area contributed by atoms with Crippen LogP contribution < -0.4 is 0 Å². The minimum absolute atomic E-state index is 0.134. The van der Waals surface area contributed by atoms with Crippen molar-refractivity contribution in [3.05, 3.63) is 35.4 Å². The van der Waals surface area contributed by atoms with E-state index in [4.69, 9.17) is 0 Å². The summed E-state index contributed by atoms with van der Waals surface area (Å²) in [6.07, 6.45) is 0.500. The van der Waals surface area contributed by atoms with Crippen molar-refractivity contribution in [2.45, 2.75) is 26.3 Å². The van der Waals surface area contributed by atoms with Crippen molar-refractivity contribution >= 4 is 23.7 Å². The van der Waals surface area contributed by atoms with E-state index in [-0.39, 0.29) is 11.0 Å². The lowest BCUT2D eigenvalue weighted by molar-refractivity contribution is -0.133. The van der Waals surface area contributed by atoms with Crippen LogP contribution in [0.25, 0.3) is 0 Å². The summed E-state index contributed by atoms with van der Waals surface area (Å²) in [5.74, 6) is -0.134. The highest BCUT2D eigenvalue weighted by molar-refractivity contribution is 7.96. The van der Waals surface area contributed by atoms with Gasteiger partial charge in [-0.1, -0.05) is 29.8 Å². The van der Waals surface area contributed by atoms with Crippen molar-refractivity contribution in [3.8, 4) is 0 Å². The molecule has 4 heteroatoms. The normalized spacial score (nSPS) is 12.0. The fourth-order valence-corrected chi connectivity index (χ4v) is 1.94. The maximum Gasteiger partial charge on any atom is 0.219 e. The molecule has 0 aromatic heterocycles. The maximum atomic E-state index is 11.4. The molecule has 0 spiro atoms.